The molecular weight excluding hydrogens is 396 g/mol. The summed E-state index contributed by atoms with van der Waals surface area (Å²) in [6.45, 7) is 4.91. The number of sulfonamides is 1. The molecule has 2 aromatic carbocycles. The Kier molecular flexibility index (Phi) is 5.98. The smallest absolute Gasteiger partial charge is 0.252 e. The maximum atomic E-state index is 13.0. The van der Waals surface area contributed by atoms with Gasteiger partial charge in [-0.15, -0.1) is 0 Å². The van der Waals surface area contributed by atoms with Gasteiger partial charge in [-0.3, -0.25) is 4.79 Å². The van der Waals surface area contributed by atoms with Crippen LogP contribution in [-0.4, -0.2) is 31.7 Å². The fourth-order valence-corrected chi connectivity index (χ4v) is 6.01. The van der Waals surface area contributed by atoms with Crippen LogP contribution >= 0.6 is 0 Å². The number of hydrogen-bond donors (Lipinski definition) is 1. The van der Waals surface area contributed by atoms with Crippen LogP contribution in [0.15, 0.2) is 41.3 Å². The number of nitrogens with zero attached hydrogens (tertiary/aromatic N) is 1. The zero-order chi connectivity index (χ0) is 21.3. The summed E-state index contributed by atoms with van der Waals surface area (Å²) >= 11 is 0. The van der Waals surface area contributed by atoms with Gasteiger partial charge in [-0.05, 0) is 86.8 Å². The molecule has 160 valence electrons. The molecule has 0 radical (unpaired) electrons. The third-order valence-electron chi connectivity index (χ3n) is 6.38. The molecule has 1 heterocycles. The van der Waals surface area contributed by atoms with Crippen LogP contribution in [0.3, 0.4) is 0 Å². The lowest BCUT2D eigenvalue weighted by molar-refractivity contribution is 0.0939. The highest BCUT2D eigenvalue weighted by atomic mass is 32.2. The van der Waals surface area contributed by atoms with Gasteiger partial charge in [-0.2, -0.15) is 4.31 Å². The number of carbonyl (C=O) groups excluding carboxylic acids is 1. The van der Waals surface area contributed by atoms with Crippen molar-refractivity contribution < 1.29 is 13.2 Å². The minimum absolute atomic E-state index is 0.150. The molecule has 2 aromatic rings. The van der Waals surface area contributed by atoms with Crippen LogP contribution in [0.4, 0.5) is 0 Å². The summed E-state index contributed by atoms with van der Waals surface area (Å²) in [7, 11) is -3.55. The van der Waals surface area contributed by atoms with Gasteiger partial charge in [0.05, 0.1) is 10.9 Å². The minimum atomic E-state index is -3.55. The number of hydrogen-bond acceptors (Lipinski definition) is 3. The van der Waals surface area contributed by atoms with Crippen molar-refractivity contribution in [3.63, 3.8) is 0 Å². The second-order valence-corrected chi connectivity index (χ2v) is 10.5. The molecule has 0 spiro atoms. The first-order valence-electron chi connectivity index (χ1n) is 10.9. The predicted octanol–water partition coefficient (Wildman–Crippen LogP) is 4.15. The van der Waals surface area contributed by atoms with Crippen LogP contribution in [0, 0.1) is 6.92 Å². The van der Waals surface area contributed by atoms with Crippen LogP contribution in [-0.2, 0) is 22.9 Å². The van der Waals surface area contributed by atoms with E-state index in [1.54, 1.807) is 12.1 Å². The molecule has 1 aliphatic carbocycles. The van der Waals surface area contributed by atoms with Crippen LogP contribution in [0.2, 0.25) is 0 Å². The first kappa shape index (κ1) is 21.1. The number of amides is 1. The molecule has 0 bridgehead atoms. The van der Waals surface area contributed by atoms with Crippen LogP contribution in [0.1, 0.15) is 71.3 Å². The van der Waals surface area contributed by atoms with Crippen molar-refractivity contribution in [1.29, 1.82) is 0 Å². The van der Waals surface area contributed by atoms with E-state index in [2.05, 4.69) is 23.5 Å². The first-order valence-corrected chi connectivity index (χ1v) is 12.3. The van der Waals surface area contributed by atoms with Gasteiger partial charge in [0.25, 0.3) is 5.91 Å². The monoisotopic (exact) mass is 426 g/mol. The SMILES string of the molecule is Cc1ccc(S(=O)(=O)N2CCCC2)cc1C(=O)N[C@@H](C)c1ccc2c(c1)CCCC2. The van der Waals surface area contributed by atoms with Crippen molar-refractivity contribution in [1.82, 2.24) is 9.62 Å². The molecule has 4 rings (SSSR count). The molecule has 1 fully saturated rings. The Morgan fingerprint density at radius 3 is 2.40 bits per heavy atom. The van der Waals surface area contributed by atoms with Crippen molar-refractivity contribution >= 4 is 15.9 Å². The summed E-state index contributed by atoms with van der Waals surface area (Å²) < 4.78 is 27.3. The highest BCUT2D eigenvalue weighted by Gasteiger charge is 2.28. The van der Waals surface area contributed by atoms with Gasteiger partial charge in [0.15, 0.2) is 0 Å². The van der Waals surface area contributed by atoms with Crippen molar-refractivity contribution in [2.24, 2.45) is 0 Å². The van der Waals surface area contributed by atoms with E-state index in [1.807, 2.05) is 13.8 Å². The summed E-state index contributed by atoms with van der Waals surface area (Å²) in [5, 5.41) is 3.06. The summed E-state index contributed by atoms with van der Waals surface area (Å²) in [6.07, 6.45) is 6.46. The first-order chi connectivity index (χ1) is 14.4. The normalized spacial score (nSPS) is 18.1. The fourth-order valence-electron chi connectivity index (χ4n) is 4.46. The van der Waals surface area contributed by atoms with Gasteiger partial charge >= 0.3 is 0 Å². The van der Waals surface area contributed by atoms with E-state index >= 15 is 0 Å². The fraction of sp³-hybridized carbons (Fsp3) is 0.458. The van der Waals surface area contributed by atoms with Crippen molar-refractivity contribution in [2.45, 2.75) is 63.3 Å². The summed E-state index contributed by atoms with van der Waals surface area (Å²) in [5.41, 5.74) is 5.07. The highest BCUT2D eigenvalue weighted by Crippen LogP contribution is 2.26. The summed E-state index contributed by atoms with van der Waals surface area (Å²) in [5.74, 6) is -0.240. The van der Waals surface area contributed by atoms with Gasteiger partial charge in [0, 0.05) is 18.7 Å². The number of carbonyl (C=O) groups is 1. The Hall–Kier alpha value is -2.18. The highest BCUT2D eigenvalue weighted by molar-refractivity contribution is 7.89. The van der Waals surface area contributed by atoms with Gasteiger partial charge in [0.1, 0.15) is 0 Å². The maximum absolute atomic E-state index is 13.0. The molecule has 1 atom stereocenters. The molecule has 1 saturated heterocycles. The number of fused-ring (bicyclic) bond motifs is 1. The quantitative estimate of drug-likeness (QED) is 0.781. The molecule has 1 N–H and O–H groups in total. The molecular formula is C24H30N2O3S. The molecule has 5 nitrogen and oxygen atoms in total. The Labute approximate surface area is 179 Å². The molecule has 0 aromatic heterocycles. The van der Waals surface area contributed by atoms with Crippen LogP contribution in [0.5, 0.6) is 0 Å². The predicted molar refractivity (Wildman–Crippen MR) is 118 cm³/mol. The van der Waals surface area contributed by atoms with Gasteiger partial charge in [-0.25, -0.2) is 8.42 Å². The third-order valence-corrected chi connectivity index (χ3v) is 8.27. The Morgan fingerprint density at radius 1 is 0.967 bits per heavy atom. The topological polar surface area (TPSA) is 66.5 Å². The third kappa shape index (κ3) is 4.16. The second-order valence-electron chi connectivity index (χ2n) is 8.52. The van der Waals surface area contributed by atoms with Crippen LogP contribution in [0.25, 0.3) is 0 Å². The molecule has 0 saturated carbocycles. The zero-order valence-electron chi connectivity index (χ0n) is 17.8. The lowest BCUT2D eigenvalue weighted by Gasteiger charge is -2.21. The van der Waals surface area contributed by atoms with Crippen molar-refractivity contribution in [3.05, 3.63) is 64.2 Å². The van der Waals surface area contributed by atoms with E-state index in [9.17, 15) is 13.2 Å². The number of benzene rings is 2. The zero-order valence-corrected chi connectivity index (χ0v) is 18.6. The number of nitrogens with one attached hydrogen (secondary N) is 1. The van der Waals surface area contributed by atoms with Crippen molar-refractivity contribution in [3.8, 4) is 0 Å². The maximum Gasteiger partial charge on any atom is 0.252 e. The van der Waals surface area contributed by atoms with E-state index in [-0.39, 0.29) is 16.8 Å². The lowest BCUT2D eigenvalue weighted by Crippen LogP contribution is -2.30. The van der Waals surface area contributed by atoms with E-state index in [4.69, 9.17) is 0 Å². The number of aryl methyl sites for hydroxylation is 3. The molecule has 1 aliphatic heterocycles. The van der Waals surface area contributed by atoms with Gasteiger partial charge in [0.2, 0.25) is 10.0 Å². The van der Waals surface area contributed by atoms with Crippen LogP contribution < -0.4 is 5.32 Å². The standard InChI is InChI=1S/C24H30N2O3S/c1-17-9-12-22(30(28,29)26-13-5-6-14-26)16-23(17)24(27)25-18(2)20-11-10-19-7-3-4-8-21(19)15-20/h9-12,15-16,18H,3-8,13-14H2,1-2H3,(H,25,27)/t18-/m0/s1. The number of rotatable bonds is 5. The van der Waals surface area contributed by atoms with Gasteiger partial charge < -0.3 is 5.32 Å². The Bertz CT molecular complexity index is 1060. The van der Waals surface area contributed by atoms with E-state index in [0.717, 1.165) is 36.8 Å². The summed E-state index contributed by atoms with van der Waals surface area (Å²) in [6, 6.07) is 11.2. The van der Waals surface area contributed by atoms with Gasteiger partial charge in [-0.1, -0.05) is 24.3 Å². The average molecular weight is 427 g/mol. The average Bonchev–Trinajstić information content (AvgIpc) is 3.29. The second kappa shape index (κ2) is 8.52. The Morgan fingerprint density at radius 2 is 1.67 bits per heavy atom. The molecule has 0 unspecified atom stereocenters. The molecule has 6 heteroatoms. The van der Waals surface area contributed by atoms with E-state index in [1.165, 1.54) is 34.3 Å². The molecule has 1 amide bonds. The Balaban J connectivity index is 1.54. The van der Waals surface area contributed by atoms with E-state index < -0.39 is 10.0 Å². The lowest BCUT2D eigenvalue weighted by atomic mass is 9.89. The van der Waals surface area contributed by atoms with Crippen molar-refractivity contribution in [2.75, 3.05) is 13.1 Å². The molecule has 2 aliphatic rings. The summed E-state index contributed by atoms with van der Waals surface area (Å²) in [4.78, 5) is 13.2. The van der Waals surface area contributed by atoms with E-state index in [0.29, 0.717) is 18.7 Å². The largest absolute Gasteiger partial charge is 0.346 e. The minimum Gasteiger partial charge on any atom is -0.346 e. The molecule has 30 heavy (non-hydrogen) atoms.